The van der Waals surface area contributed by atoms with Crippen LogP contribution in [-0.4, -0.2) is 62.7 Å². The maximum absolute atomic E-state index is 12.7. The Labute approximate surface area is 145 Å². The van der Waals surface area contributed by atoms with Gasteiger partial charge in [0.25, 0.3) is 0 Å². The molecule has 2 aliphatic heterocycles. The fraction of sp³-hybridized carbons (Fsp3) is 0.875. The first-order valence-electron chi connectivity index (χ1n) is 8.38. The SMILES string of the molecule is COCC1(C(=O)NC(C)C(=O)N2CCCCC2)CCNCC1.Cl. The summed E-state index contributed by atoms with van der Waals surface area (Å²) < 4.78 is 5.28. The summed E-state index contributed by atoms with van der Waals surface area (Å²) in [6.45, 7) is 5.44. The van der Waals surface area contributed by atoms with Gasteiger partial charge in [-0.25, -0.2) is 0 Å². The Morgan fingerprint density at radius 2 is 1.83 bits per heavy atom. The van der Waals surface area contributed by atoms with Crippen molar-refractivity contribution in [2.45, 2.75) is 45.1 Å². The number of nitrogens with zero attached hydrogens (tertiary/aromatic N) is 1. The third kappa shape index (κ3) is 5.06. The number of halogens is 1. The first-order valence-corrected chi connectivity index (χ1v) is 8.38. The highest BCUT2D eigenvalue weighted by molar-refractivity contribution is 5.90. The lowest BCUT2D eigenvalue weighted by molar-refractivity contribution is -0.142. The molecule has 6 nitrogen and oxygen atoms in total. The minimum atomic E-state index is -0.504. The number of likely N-dealkylation sites (tertiary alicyclic amines) is 1. The fourth-order valence-electron chi connectivity index (χ4n) is 3.42. The number of methoxy groups -OCH3 is 1. The third-order valence-electron chi connectivity index (χ3n) is 4.85. The van der Waals surface area contributed by atoms with Crippen molar-refractivity contribution in [3.63, 3.8) is 0 Å². The van der Waals surface area contributed by atoms with Crippen LogP contribution in [0.25, 0.3) is 0 Å². The Morgan fingerprint density at radius 3 is 2.39 bits per heavy atom. The van der Waals surface area contributed by atoms with Crippen LogP contribution in [0.1, 0.15) is 39.0 Å². The Hall–Kier alpha value is -0.850. The quantitative estimate of drug-likeness (QED) is 0.776. The molecule has 2 fully saturated rings. The molecule has 1 atom stereocenters. The smallest absolute Gasteiger partial charge is 0.244 e. The van der Waals surface area contributed by atoms with E-state index in [0.29, 0.717) is 6.61 Å². The summed E-state index contributed by atoms with van der Waals surface area (Å²) in [5.74, 6) is -0.0109. The largest absolute Gasteiger partial charge is 0.384 e. The average molecular weight is 348 g/mol. The van der Waals surface area contributed by atoms with Gasteiger partial charge in [-0.1, -0.05) is 0 Å². The maximum atomic E-state index is 12.7. The summed E-state index contributed by atoms with van der Waals surface area (Å²) in [7, 11) is 1.62. The molecular weight excluding hydrogens is 318 g/mol. The molecule has 134 valence electrons. The molecule has 0 aliphatic carbocycles. The third-order valence-corrected chi connectivity index (χ3v) is 4.85. The van der Waals surface area contributed by atoms with Crippen molar-refractivity contribution < 1.29 is 14.3 Å². The Bertz CT molecular complexity index is 389. The first kappa shape index (κ1) is 20.2. The molecule has 7 heteroatoms. The molecule has 0 saturated carbocycles. The first-order chi connectivity index (χ1) is 10.6. The lowest BCUT2D eigenvalue weighted by Crippen LogP contribution is -2.55. The van der Waals surface area contributed by atoms with Crippen molar-refractivity contribution in [1.82, 2.24) is 15.5 Å². The zero-order valence-corrected chi connectivity index (χ0v) is 15.0. The van der Waals surface area contributed by atoms with E-state index in [2.05, 4.69) is 10.6 Å². The highest BCUT2D eigenvalue weighted by Crippen LogP contribution is 2.29. The lowest BCUT2D eigenvalue weighted by Gasteiger charge is -2.37. The van der Waals surface area contributed by atoms with E-state index in [9.17, 15) is 9.59 Å². The molecule has 2 N–H and O–H groups in total. The van der Waals surface area contributed by atoms with Crippen molar-refractivity contribution in [1.29, 1.82) is 0 Å². The molecular formula is C16H30ClN3O3. The summed E-state index contributed by atoms with van der Waals surface area (Å²) >= 11 is 0. The minimum Gasteiger partial charge on any atom is -0.384 e. The van der Waals surface area contributed by atoms with Crippen LogP contribution in [0.2, 0.25) is 0 Å². The summed E-state index contributed by atoms with van der Waals surface area (Å²) in [6.07, 6.45) is 4.81. The number of carbonyl (C=O) groups excluding carboxylic acids is 2. The summed E-state index contributed by atoms with van der Waals surface area (Å²) in [5.41, 5.74) is -0.504. The summed E-state index contributed by atoms with van der Waals surface area (Å²) in [5, 5.41) is 6.20. The van der Waals surface area contributed by atoms with E-state index in [1.165, 1.54) is 6.42 Å². The predicted octanol–water partition coefficient (Wildman–Crippen LogP) is 0.942. The van der Waals surface area contributed by atoms with Crippen molar-refractivity contribution in [3.05, 3.63) is 0 Å². The van der Waals surface area contributed by atoms with Gasteiger partial charge in [-0.05, 0) is 52.1 Å². The predicted molar refractivity (Wildman–Crippen MR) is 91.7 cm³/mol. The van der Waals surface area contributed by atoms with E-state index in [1.807, 2.05) is 4.90 Å². The van der Waals surface area contributed by atoms with Crippen molar-refractivity contribution in [3.8, 4) is 0 Å². The molecule has 1 unspecified atom stereocenters. The highest BCUT2D eigenvalue weighted by Gasteiger charge is 2.40. The van der Waals surface area contributed by atoms with Crippen LogP contribution < -0.4 is 10.6 Å². The van der Waals surface area contributed by atoms with Gasteiger partial charge in [-0.2, -0.15) is 0 Å². The van der Waals surface area contributed by atoms with Crippen molar-refractivity contribution in [2.24, 2.45) is 5.41 Å². The van der Waals surface area contributed by atoms with Crippen LogP contribution in [0.5, 0.6) is 0 Å². The molecule has 2 saturated heterocycles. The number of hydrogen-bond donors (Lipinski definition) is 2. The van der Waals surface area contributed by atoms with E-state index in [0.717, 1.165) is 51.9 Å². The number of amides is 2. The van der Waals surface area contributed by atoms with Crippen molar-refractivity contribution >= 4 is 24.2 Å². The number of nitrogens with one attached hydrogen (secondary N) is 2. The monoisotopic (exact) mass is 347 g/mol. The van der Waals surface area contributed by atoms with Gasteiger partial charge in [0.15, 0.2) is 0 Å². The Kier molecular flexibility index (Phi) is 8.29. The second-order valence-electron chi connectivity index (χ2n) is 6.54. The van der Waals surface area contributed by atoms with E-state index >= 15 is 0 Å². The van der Waals surface area contributed by atoms with Gasteiger partial charge in [0.1, 0.15) is 6.04 Å². The van der Waals surface area contributed by atoms with E-state index < -0.39 is 11.5 Å². The fourth-order valence-corrected chi connectivity index (χ4v) is 3.42. The van der Waals surface area contributed by atoms with Gasteiger partial charge < -0.3 is 20.3 Å². The van der Waals surface area contributed by atoms with Gasteiger partial charge >= 0.3 is 0 Å². The molecule has 0 spiro atoms. The van der Waals surface area contributed by atoms with Gasteiger partial charge in [-0.3, -0.25) is 9.59 Å². The zero-order valence-electron chi connectivity index (χ0n) is 14.2. The molecule has 0 bridgehead atoms. The minimum absolute atomic E-state index is 0. The number of carbonyl (C=O) groups is 2. The summed E-state index contributed by atoms with van der Waals surface area (Å²) in [4.78, 5) is 27.0. The van der Waals surface area contributed by atoms with E-state index in [1.54, 1.807) is 14.0 Å². The zero-order chi connectivity index (χ0) is 16.0. The van der Waals surface area contributed by atoms with Gasteiger partial charge in [-0.15, -0.1) is 12.4 Å². The standard InChI is InChI=1S/C16H29N3O3.ClH/c1-13(14(20)19-10-4-3-5-11-19)18-15(21)16(12-22-2)6-8-17-9-7-16;/h13,17H,3-12H2,1-2H3,(H,18,21);1H. The molecule has 0 aromatic carbocycles. The normalized spacial score (nSPS) is 21.9. The van der Waals surface area contributed by atoms with Crippen molar-refractivity contribution in [2.75, 3.05) is 39.9 Å². The molecule has 23 heavy (non-hydrogen) atoms. The lowest BCUT2D eigenvalue weighted by atomic mass is 9.78. The van der Waals surface area contributed by atoms with Crippen LogP contribution in [-0.2, 0) is 14.3 Å². The molecule has 2 heterocycles. The van der Waals surface area contributed by atoms with Crippen LogP contribution in [0, 0.1) is 5.41 Å². The van der Waals surface area contributed by atoms with Gasteiger partial charge in [0, 0.05) is 20.2 Å². The molecule has 2 amide bonds. The van der Waals surface area contributed by atoms with E-state index in [4.69, 9.17) is 4.74 Å². The van der Waals surface area contributed by atoms with Gasteiger partial charge in [0.2, 0.25) is 11.8 Å². The van der Waals surface area contributed by atoms with Crippen LogP contribution >= 0.6 is 12.4 Å². The van der Waals surface area contributed by atoms with E-state index in [-0.39, 0.29) is 24.2 Å². The number of ether oxygens (including phenoxy) is 1. The highest BCUT2D eigenvalue weighted by atomic mass is 35.5. The second-order valence-corrected chi connectivity index (χ2v) is 6.54. The number of hydrogen-bond acceptors (Lipinski definition) is 4. The van der Waals surface area contributed by atoms with Gasteiger partial charge in [0.05, 0.1) is 12.0 Å². The molecule has 0 radical (unpaired) electrons. The number of rotatable bonds is 5. The Morgan fingerprint density at radius 1 is 1.22 bits per heavy atom. The molecule has 2 rings (SSSR count). The molecule has 0 aromatic heterocycles. The summed E-state index contributed by atoms with van der Waals surface area (Å²) in [6, 6.07) is -0.464. The molecule has 2 aliphatic rings. The average Bonchev–Trinajstić information content (AvgIpc) is 2.56. The maximum Gasteiger partial charge on any atom is 0.244 e. The second kappa shape index (κ2) is 9.45. The van der Waals surface area contributed by atoms with Crippen LogP contribution in [0.15, 0.2) is 0 Å². The number of piperidine rings is 2. The topological polar surface area (TPSA) is 70.7 Å². The molecule has 0 aromatic rings. The van der Waals surface area contributed by atoms with Crippen LogP contribution in [0.3, 0.4) is 0 Å². The Balaban J connectivity index is 0.00000264. The van der Waals surface area contributed by atoms with Crippen LogP contribution in [0.4, 0.5) is 0 Å².